The average molecular weight is 184 g/mol. The van der Waals surface area contributed by atoms with Crippen molar-refractivity contribution in [3.05, 3.63) is 0 Å². The zero-order valence-corrected chi connectivity index (χ0v) is 9.72. The minimum Gasteiger partial charge on any atom is -0.314 e. The third kappa shape index (κ3) is 2.96. The largest absolute Gasteiger partial charge is 0.314 e. The van der Waals surface area contributed by atoms with Crippen LogP contribution in [0.1, 0.15) is 27.7 Å². The SMILES string of the molecule is CNC(C)(C)CN1CC(C)C(C)C1. The van der Waals surface area contributed by atoms with Crippen LogP contribution in [-0.2, 0) is 0 Å². The second-order valence-corrected chi connectivity index (χ2v) is 5.28. The number of hydrogen-bond acceptors (Lipinski definition) is 2. The predicted molar refractivity (Wildman–Crippen MR) is 57.9 cm³/mol. The number of likely N-dealkylation sites (N-methyl/N-ethyl adjacent to an activating group) is 1. The summed E-state index contributed by atoms with van der Waals surface area (Å²) >= 11 is 0. The summed E-state index contributed by atoms with van der Waals surface area (Å²) in [5.41, 5.74) is 0.254. The van der Waals surface area contributed by atoms with E-state index in [9.17, 15) is 0 Å². The van der Waals surface area contributed by atoms with Crippen LogP contribution in [-0.4, -0.2) is 37.1 Å². The molecule has 1 heterocycles. The van der Waals surface area contributed by atoms with Crippen molar-refractivity contribution in [2.75, 3.05) is 26.7 Å². The number of nitrogens with zero attached hydrogens (tertiary/aromatic N) is 1. The summed E-state index contributed by atoms with van der Waals surface area (Å²) in [5, 5.41) is 3.36. The molecule has 1 aliphatic heterocycles. The van der Waals surface area contributed by atoms with Crippen molar-refractivity contribution in [2.45, 2.75) is 33.2 Å². The van der Waals surface area contributed by atoms with Crippen molar-refractivity contribution in [1.82, 2.24) is 10.2 Å². The maximum absolute atomic E-state index is 3.36. The molecule has 78 valence electrons. The van der Waals surface area contributed by atoms with E-state index in [4.69, 9.17) is 0 Å². The Hall–Kier alpha value is -0.0800. The van der Waals surface area contributed by atoms with Gasteiger partial charge in [0, 0.05) is 25.2 Å². The van der Waals surface area contributed by atoms with Gasteiger partial charge in [0.1, 0.15) is 0 Å². The third-order valence-electron chi connectivity index (χ3n) is 3.36. The van der Waals surface area contributed by atoms with Gasteiger partial charge in [-0.05, 0) is 32.7 Å². The molecular formula is C11H24N2. The smallest absolute Gasteiger partial charge is 0.0249 e. The van der Waals surface area contributed by atoms with Crippen molar-refractivity contribution in [2.24, 2.45) is 11.8 Å². The molecule has 2 atom stereocenters. The van der Waals surface area contributed by atoms with Crippen molar-refractivity contribution < 1.29 is 0 Å². The van der Waals surface area contributed by atoms with Gasteiger partial charge in [0.05, 0.1) is 0 Å². The van der Waals surface area contributed by atoms with Crippen LogP contribution in [0.3, 0.4) is 0 Å². The van der Waals surface area contributed by atoms with Gasteiger partial charge in [0.25, 0.3) is 0 Å². The van der Waals surface area contributed by atoms with Crippen LogP contribution in [0.5, 0.6) is 0 Å². The van der Waals surface area contributed by atoms with Gasteiger partial charge in [-0.25, -0.2) is 0 Å². The number of hydrogen-bond donors (Lipinski definition) is 1. The molecule has 2 unspecified atom stereocenters. The molecule has 1 saturated heterocycles. The Morgan fingerprint density at radius 3 is 2.08 bits per heavy atom. The molecule has 2 nitrogen and oxygen atoms in total. The van der Waals surface area contributed by atoms with Crippen LogP contribution in [0.15, 0.2) is 0 Å². The van der Waals surface area contributed by atoms with Gasteiger partial charge >= 0.3 is 0 Å². The highest BCUT2D eigenvalue weighted by molar-refractivity contribution is 4.86. The molecule has 1 aliphatic rings. The minimum absolute atomic E-state index is 0.254. The lowest BCUT2D eigenvalue weighted by Gasteiger charge is -2.29. The average Bonchev–Trinajstić information content (AvgIpc) is 2.30. The molecule has 0 amide bonds. The standard InChI is InChI=1S/C11H24N2/c1-9-6-13(7-10(9)2)8-11(3,4)12-5/h9-10,12H,6-8H2,1-5H3. The van der Waals surface area contributed by atoms with E-state index in [2.05, 4.69) is 37.9 Å². The number of likely N-dealkylation sites (tertiary alicyclic amines) is 1. The van der Waals surface area contributed by atoms with E-state index >= 15 is 0 Å². The lowest BCUT2D eigenvalue weighted by atomic mass is 10.0. The van der Waals surface area contributed by atoms with Crippen molar-refractivity contribution in [3.8, 4) is 0 Å². The Balaban J connectivity index is 2.40. The van der Waals surface area contributed by atoms with E-state index < -0.39 is 0 Å². The molecule has 0 spiro atoms. The molecule has 1 rings (SSSR count). The molecule has 0 aliphatic carbocycles. The number of rotatable bonds is 3. The van der Waals surface area contributed by atoms with E-state index in [0.29, 0.717) is 0 Å². The van der Waals surface area contributed by atoms with Gasteiger partial charge in [-0.3, -0.25) is 0 Å². The summed E-state index contributed by atoms with van der Waals surface area (Å²) in [6.07, 6.45) is 0. The molecule has 1 fully saturated rings. The normalized spacial score (nSPS) is 31.2. The molecule has 0 aromatic heterocycles. The lowest BCUT2D eigenvalue weighted by molar-refractivity contribution is 0.237. The second kappa shape index (κ2) is 3.97. The highest BCUT2D eigenvalue weighted by Gasteiger charge is 2.29. The van der Waals surface area contributed by atoms with Crippen LogP contribution in [0, 0.1) is 11.8 Å². The molecular weight excluding hydrogens is 160 g/mol. The first kappa shape index (κ1) is 11.0. The Kier molecular flexibility index (Phi) is 3.36. The van der Waals surface area contributed by atoms with Crippen molar-refractivity contribution in [1.29, 1.82) is 0 Å². The zero-order chi connectivity index (χ0) is 10.1. The summed E-state index contributed by atoms with van der Waals surface area (Å²) in [6, 6.07) is 0. The van der Waals surface area contributed by atoms with Crippen LogP contribution in [0.2, 0.25) is 0 Å². The molecule has 1 N–H and O–H groups in total. The van der Waals surface area contributed by atoms with E-state index in [1.807, 2.05) is 7.05 Å². The molecule has 0 aromatic rings. The van der Waals surface area contributed by atoms with Crippen LogP contribution >= 0.6 is 0 Å². The first-order valence-corrected chi connectivity index (χ1v) is 5.36. The summed E-state index contributed by atoms with van der Waals surface area (Å²) in [6.45, 7) is 13.0. The topological polar surface area (TPSA) is 15.3 Å². The first-order valence-electron chi connectivity index (χ1n) is 5.36. The predicted octanol–water partition coefficient (Wildman–Crippen LogP) is 1.57. The fourth-order valence-electron chi connectivity index (χ4n) is 2.02. The fraction of sp³-hybridized carbons (Fsp3) is 1.00. The maximum Gasteiger partial charge on any atom is 0.0249 e. The van der Waals surface area contributed by atoms with E-state index in [1.54, 1.807) is 0 Å². The Bertz CT molecular complexity index is 155. The first-order chi connectivity index (χ1) is 5.94. The molecule has 13 heavy (non-hydrogen) atoms. The Morgan fingerprint density at radius 2 is 1.69 bits per heavy atom. The quantitative estimate of drug-likeness (QED) is 0.716. The Labute approximate surface area is 82.7 Å². The Morgan fingerprint density at radius 1 is 1.23 bits per heavy atom. The van der Waals surface area contributed by atoms with Crippen LogP contribution in [0.25, 0.3) is 0 Å². The highest BCUT2D eigenvalue weighted by Crippen LogP contribution is 2.23. The highest BCUT2D eigenvalue weighted by atomic mass is 15.2. The summed E-state index contributed by atoms with van der Waals surface area (Å²) < 4.78 is 0. The minimum atomic E-state index is 0.254. The van der Waals surface area contributed by atoms with Gasteiger partial charge in [-0.2, -0.15) is 0 Å². The van der Waals surface area contributed by atoms with Gasteiger partial charge in [-0.15, -0.1) is 0 Å². The molecule has 0 saturated carbocycles. The van der Waals surface area contributed by atoms with Gasteiger partial charge in [0.15, 0.2) is 0 Å². The summed E-state index contributed by atoms with van der Waals surface area (Å²) in [5.74, 6) is 1.74. The van der Waals surface area contributed by atoms with Crippen LogP contribution < -0.4 is 5.32 Å². The van der Waals surface area contributed by atoms with Crippen molar-refractivity contribution in [3.63, 3.8) is 0 Å². The summed E-state index contributed by atoms with van der Waals surface area (Å²) in [4.78, 5) is 2.58. The van der Waals surface area contributed by atoms with E-state index in [0.717, 1.165) is 18.4 Å². The zero-order valence-electron chi connectivity index (χ0n) is 9.72. The third-order valence-corrected chi connectivity index (χ3v) is 3.36. The van der Waals surface area contributed by atoms with E-state index in [1.165, 1.54) is 13.1 Å². The fourth-order valence-corrected chi connectivity index (χ4v) is 2.02. The summed E-state index contributed by atoms with van der Waals surface area (Å²) in [7, 11) is 2.04. The van der Waals surface area contributed by atoms with Gasteiger partial charge in [-0.1, -0.05) is 13.8 Å². The molecule has 0 bridgehead atoms. The monoisotopic (exact) mass is 184 g/mol. The van der Waals surface area contributed by atoms with Gasteiger partial charge in [0.2, 0.25) is 0 Å². The number of nitrogens with one attached hydrogen (secondary N) is 1. The lowest BCUT2D eigenvalue weighted by Crippen LogP contribution is -2.46. The second-order valence-electron chi connectivity index (χ2n) is 5.28. The molecule has 2 heteroatoms. The van der Waals surface area contributed by atoms with Crippen LogP contribution in [0.4, 0.5) is 0 Å². The van der Waals surface area contributed by atoms with E-state index in [-0.39, 0.29) is 5.54 Å². The molecule has 0 aromatic carbocycles. The maximum atomic E-state index is 3.36. The van der Waals surface area contributed by atoms with Crippen molar-refractivity contribution >= 4 is 0 Å². The molecule has 0 radical (unpaired) electrons. The van der Waals surface area contributed by atoms with Gasteiger partial charge < -0.3 is 10.2 Å².